The normalized spacial score (nSPS) is 35.1. The number of rotatable bonds is 2. The quantitative estimate of drug-likeness (QED) is 0.616. The Morgan fingerprint density at radius 3 is 2.70 bits per heavy atom. The molecular weight excluding hydrogens is 122 g/mol. The van der Waals surface area contributed by atoms with Crippen LogP contribution in [0.5, 0.6) is 0 Å². The van der Waals surface area contributed by atoms with Crippen LogP contribution < -0.4 is 5.32 Å². The van der Waals surface area contributed by atoms with Gasteiger partial charge in [-0.15, -0.1) is 0 Å². The van der Waals surface area contributed by atoms with Gasteiger partial charge in [0.25, 0.3) is 0 Å². The van der Waals surface area contributed by atoms with Crippen molar-refractivity contribution in [2.75, 3.05) is 6.54 Å². The second-order valence-corrected chi connectivity index (χ2v) is 4.00. The fourth-order valence-corrected chi connectivity index (χ4v) is 2.30. The molecule has 2 saturated carbocycles. The van der Waals surface area contributed by atoms with E-state index in [1.54, 1.807) is 0 Å². The predicted molar refractivity (Wildman–Crippen MR) is 43.0 cm³/mol. The van der Waals surface area contributed by atoms with Crippen molar-refractivity contribution in [2.45, 2.75) is 45.1 Å². The van der Waals surface area contributed by atoms with E-state index in [0.29, 0.717) is 0 Å². The van der Waals surface area contributed by atoms with Crippen molar-refractivity contribution in [2.24, 2.45) is 5.41 Å². The molecule has 1 unspecified atom stereocenters. The monoisotopic (exact) mass is 139 g/mol. The van der Waals surface area contributed by atoms with Crippen molar-refractivity contribution in [3.8, 4) is 0 Å². The summed E-state index contributed by atoms with van der Waals surface area (Å²) in [5, 5.41) is 3.54. The van der Waals surface area contributed by atoms with Gasteiger partial charge in [-0.05, 0) is 44.1 Å². The van der Waals surface area contributed by atoms with E-state index in [1.807, 2.05) is 0 Å². The largest absolute Gasteiger partial charge is 0.314 e. The van der Waals surface area contributed by atoms with E-state index in [1.165, 1.54) is 32.1 Å². The van der Waals surface area contributed by atoms with Gasteiger partial charge in [0.1, 0.15) is 0 Å². The standard InChI is InChI=1S/C9H17N/c1-2-10-8-3-4-9(7-8)5-6-9/h8,10H,2-7H2,1H3. The van der Waals surface area contributed by atoms with Crippen LogP contribution in [-0.4, -0.2) is 12.6 Å². The summed E-state index contributed by atoms with van der Waals surface area (Å²) in [6.45, 7) is 3.36. The number of hydrogen-bond acceptors (Lipinski definition) is 1. The Morgan fingerprint density at radius 2 is 2.20 bits per heavy atom. The maximum atomic E-state index is 3.54. The summed E-state index contributed by atoms with van der Waals surface area (Å²) in [6.07, 6.45) is 7.46. The molecule has 0 aromatic carbocycles. The maximum Gasteiger partial charge on any atom is 0.00724 e. The molecule has 0 bridgehead atoms. The van der Waals surface area contributed by atoms with Gasteiger partial charge in [0, 0.05) is 6.04 Å². The summed E-state index contributed by atoms with van der Waals surface area (Å²) in [5.41, 5.74) is 0.854. The van der Waals surface area contributed by atoms with Gasteiger partial charge in [0.2, 0.25) is 0 Å². The summed E-state index contributed by atoms with van der Waals surface area (Å²) in [6, 6.07) is 0.868. The summed E-state index contributed by atoms with van der Waals surface area (Å²) in [7, 11) is 0. The first-order valence-corrected chi connectivity index (χ1v) is 4.58. The third kappa shape index (κ3) is 1.07. The topological polar surface area (TPSA) is 12.0 Å². The Morgan fingerprint density at radius 1 is 1.40 bits per heavy atom. The highest BCUT2D eigenvalue weighted by Gasteiger charge is 2.47. The van der Waals surface area contributed by atoms with Crippen LogP contribution >= 0.6 is 0 Å². The molecule has 1 atom stereocenters. The molecule has 0 saturated heterocycles. The molecule has 2 fully saturated rings. The van der Waals surface area contributed by atoms with Gasteiger partial charge >= 0.3 is 0 Å². The van der Waals surface area contributed by atoms with Crippen LogP contribution in [0.3, 0.4) is 0 Å². The highest BCUT2D eigenvalue weighted by molar-refractivity contribution is 5.01. The Kier molecular flexibility index (Phi) is 1.48. The van der Waals surface area contributed by atoms with Gasteiger partial charge in [-0.2, -0.15) is 0 Å². The van der Waals surface area contributed by atoms with Crippen LogP contribution in [0.1, 0.15) is 39.0 Å². The first kappa shape index (κ1) is 6.66. The smallest absolute Gasteiger partial charge is 0.00724 e. The molecule has 1 N–H and O–H groups in total. The van der Waals surface area contributed by atoms with Gasteiger partial charge in [-0.25, -0.2) is 0 Å². The highest BCUT2D eigenvalue weighted by atomic mass is 14.9. The van der Waals surface area contributed by atoms with Crippen molar-refractivity contribution in [1.82, 2.24) is 5.32 Å². The Balaban J connectivity index is 1.82. The van der Waals surface area contributed by atoms with Crippen molar-refractivity contribution in [3.05, 3.63) is 0 Å². The SMILES string of the molecule is CCNC1CCC2(CC2)C1. The molecule has 0 amide bonds. The molecule has 1 spiro atoms. The van der Waals surface area contributed by atoms with Crippen LogP contribution in [0.2, 0.25) is 0 Å². The molecule has 0 aromatic heterocycles. The highest BCUT2D eigenvalue weighted by Crippen LogP contribution is 2.57. The van der Waals surface area contributed by atoms with E-state index in [4.69, 9.17) is 0 Å². The van der Waals surface area contributed by atoms with E-state index < -0.39 is 0 Å². The number of nitrogens with one attached hydrogen (secondary N) is 1. The van der Waals surface area contributed by atoms with Crippen LogP contribution in [0, 0.1) is 5.41 Å². The Bertz CT molecular complexity index is 127. The zero-order valence-corrected chi connectivity index (χ0v) is 6.82. The van der Waals surface area contributed by atoms with Gasteiger partial charge in [-0.3, -0.25) is 0 Å². The van der Waals surface area contributed by atoms with Gasteiger partial charge in [-0.1, -0.05) is 6.92 Å². The minimum atomic E-state index is 0.854. The Labute approximate surface area is 63.2 Å². The lowest BCUT2D eigenvalue weighted by molar-refractivity contribution is 0.484. The first-order chi connectivity index (χ1) is 4.85. The summed E-state index contributed by atoms with van der Waals surface area (Å²) >= 11 is 0. The predicted octanol–water partition coefficient (Wildman–Crippen LogP) is 1.93. The molecule has 1 nitrogen and oxygen atoms in total. The van der Waals surface area contributed by atoms with Gasteiger partial charge in [0.05, 0.1) is 0 Å². The molecule has 2 rings (SSSR count). The van der Waals surface area contributed by atoms with Crippen LogP contribution in [0.4, 0.5) is 0 Å². The molecule has 10 heavy (non-hydrogen) atoms. The van der Waals surface area contributed by atoms with Crippen molar-refractivity contribution < 1.29 is 0 Å². The lowest BCUT2D eigenvalue weighted by Crippen LogP contribution is -2.25. The molecule has 0 radical (unpaired) electrons. The lowest BCUT2D eigenvalue weighted by Gasteiger charge is -2.09. The first-order valence-electron chi connectivity index (χ1n) is 4.58. The maximum absolute atomic E-state index is 3.54. The van der Waals surface area contributed by atoms with E-state index in [9.17, 15) is 0 Å². The number of hydrogen-bond donors (Lipinski definition) is 1. The summed E-state index contributed by atoms with van der Waals surface area (Å²) in [4.78, 5) is 0. The molecule has 0 aliphatic heterocycles. The third-order valence-electron chi connectivity index (χ3n) is 3.15. The molecule has 2 aliphatic carbocycles. The molecule has 0 aromatic rings. The van der Waals surface area contributed by atoms with E-state index >= 15 is 0 Å². The minimum absolute atomic E-state index is 0.854. The zero-order valence-electron chi connectivity index (χ0n) is 6.82. The zero-order chi connectivity index (χ0) is 7.03. The molecule has 1 heteroatoms. The second-order valence-electron chi connectivity index (χ2n) is 4.00. The van der Waals surface area contributed by atoms with Crippen molar-refractivity contribution >= 4 is 0 Å². The van der Waals surface area contributed by atoms with Gasteiger partial charge in [0.15, 0.2) is 0 Å². The second kappa shape index (κ2) is 2.23. The van der Waals surface area contributed by atoms with Crippen molar-refractivity contribution in [1.29, 1.82) is 0 Å². The fraction of sp³-hybridized carbons (Fsp3) is 1.00. The van der Waals surface area contributed by atoms with E-state index in [0.717, 1.165) is 18.0 Å². The molecule has 58 valence electrons. The van der Waals surface area contributed by atoms with Crippen molar-refractivity contribution in [3.63, 3.8) is 0 Å². The molecule has 2 aliphatic rings. The summed E-state index contributed by atoms with van der Waals surface area (Å²) < 4.78 is 0. The van der Waals surface area contributed by atoms with Crippen LogP contribution in [0.15, 0.2) is 0 Å². The fourth-order valence-electron chi connectivity index (χ4n) is 2.30. The minimum Gasteiger partial charge on any atom is -0.314 e. The van der Waals surface area contributed by atoms with Crippen LogP contribution in [-0.2, 0) is 0 Å². The average molecular weight is 139 g/mol. The molecular formula is C9H17N. The van der Waals surface area contributed by atoms with Crippen LogP contribution in [0.25, 0.3) is 0 Å². The average Bonchev–Trinajstić information content (AvgIpc) is 2.52. The molecule has 0 heterocycles. The lowest BCUT2D eigenvalue weighted by atomic mass is 10.1. The Hall–Kier alpha value is -0.0400. The summed E-state index contributed by atoms with van der Waals surface area (Å²) in [5.74, 6) is 0. The third-order valence-corrected chi connectivity index (χ3v) is 3.15. The van der Waals surface area contributed by atoms with Gasteiger partial charge < -0.3 is 5.32 Å². The van der Waals surface area contributed by atoms with E-state index in [-0.39, 0.29) is 0 Å². The van der Waals surface area contributed by atoms with E-state index in [2.05, 4.69) is 12.2 Å².